The maximum atomic E-state index is 10.6. The van der Waals surface area contributed by atoms with E-state index in [-0.39, 0.29) is 0 Å². The first-order valence-corrected chi connectivity index (χ1v) is 8.98. The van der Waals surface area contributed by atoms with Crippen molar-refractivity contribution in [1.29, 1.82) is 0 Å². The smallest absolute Gasteiger partial charge is 0.0835 e. The van der Waals surface area contributed by atoms with Crippen molar-refractivity contribution >= 4 is 18.5 Å². The summed E-state index contributed by atoms with van der Waals surface area (Å²) in [4.78, 5) is 0. The molecule has 110 valence electrons. The Hall–Kier alpha value is -1.95. The molecule has 3 aromatic rings. The topological polar surface area (TPSA) is 20.2 Å². The molecule has 0 saturated heterocycles. The molecular formula is C20H19OP. The lowest BCUT2D eigenvalue weighted by Gasteiger charge is -2.22. The van der Waals surface area contributed by atoms with Crippen molar-refractivity contribution in [2.45, 2.75) is 6.10 Å². The number of benzene rings is 3. The monoisotopic (exact) mass is 306 g/mol. The Morgan fingerprint density at radius 1 is 0.636 bits per heavy atom. The lowest BCUT2D eigenvalue weighted by atomic mass is 10.1. The van der Waals surface area contributed by atoms with Gasteiger partial charge in [0.1, 0.15) is 0 Å². The summed E-state index contributed by atoms with van der Waals surface area (Å²) in [5, 5.41) is 13.2. The van der Waals surface area contributed by atoms with Gasteiger partial charge in [0.05, 0.1) is 6.10 Å². The quantitative estimate of drug-likeness (QED) is 0.710. The number of aliphatic hydroxyl groups is 1. The average Bonchev–Trinajstić information content (AvgIpc) is 2.62. The summed E-state index contributed by atoms with van der Waals surface area (Å²) in [6, 6.07) is 30.9. The van der Waals surface area contributed by atoms with Crippen LogP contribution in [0.25, 0.3) is 0 Å². The summed E-state index contributed by atoms with van der Waals surface area (Å²) >= 11 is 0. The summed E-state index contributed by atoms with van der Waals surface area (Å²) < 4.78 is 0. The van der Waals surface area contributed by atoms with Gasteiger partial charge in [-0.1, -0.05) is 91.0 Å². The number of aliphatic hydroxyl groups excluding tert-OH is 1. The van der Waals surface area contributed by atoms with E-state index in [1.165, 1.54) is 10.6 Å². The molecule has 0 aliphatic heterocycles. The van der Waals surface area contributed by atoms with E-state index in [0.29, 0.717) is 0 Å². The van der Waals surface area contributed by atoms with Crippen LogP contribution in [0.15, 0.2) is 91.0 Å². The Bertz CT molecular complexity index is 643. The molecule has 1 atom stereocenters. The van der Waals surface area contributed by atoms with Gasteiger partial charge in [0.15, 0.2) is 0 Å². The summed E-state index contributed by atoms with van der Waals surface area (Å²) in [5.41, 5.74) is 0.988. The minimum Gasteiger partial charge on any atom is -0.388 e. The molecule has 3 aromatic carbocycles. The third-order valence-corrected chi connectivity index (χ3v) is 6.23. The van der Waals surface area contributed by atoms with E-state index >= 15 is 0 Å². The third kappa shape index (κ3) is 3.62. The number of hydrogen-bond acceptors (Lipinski definition) is 1. The highest BCUT2D eigenvalue weighted by atomic mass is 31.1. The molecule has 0 amide bonds. The Kier molecular flexibility index (Phi) is 5.00. The summed E-state index contributed by atoms with van der Waals surface area (Å²) in [6.45, 7) is 0. The third-order valence-electron chi connectivity index (χ3n) is 3.68. The van der Waals surface area contributed by atoms with Crippen LogP contribution in [-0.2, 0) is 0 Å². The van der Waals surface area contributed by atoms with Gasteiger partial charge < -0.3 is 5.11 Å². The van der Waals surface area contributed by atoms with Crippen LogP contribution in [-0.4, -0.2) is 11.3 Å². The molecule has 0 bridgehead atoms. The highest BCUT2D eigenvalue weighted by molar-refractivity contribution is 7.73. The first-order valence-electron chi connectivity index (χ1n) is 7.45. The molecule has 1 N–H and O–H groups in total. The van der Waals surface area contributed by atoms with E-state index in [9.17, 15) is 5.11 Å². The number of rotatable bonds is 5. The van der Waals surface area contributed by atoms with E-state index in [0.717, 1.165) is 11.7 Å². The molecule has 0 saturated carbocycles. The maximum absolute atomic E-state index is 10.6. The van der Waals surface area contributed by atoms with Gasteiger partial charge in [0.25, 0.3) is 0 Å². The van der Waals surface area contributed by atoms with Crippen LogP contribution in [0.1, 0.15) is 11.7 Å². The van der Waals surface area contributed by atoms with Gasteiger partial charge in [-0.15, -0.1) is 0 Å². The molecule has 0 aromatic heterocycles. The van der Waals surface area contributed by atoms with Crippen LogP contribution < -0.4 is 10.6 Å². The van der Waals surface area contributed by atoms with Gasteiger partial charge in [-0.3, -0.25) is 0 Å². The molecule has 0 fully saturated rings. The van der Waals surface area contributed by atoms with E-state index in [1.807, 2.05) is 42.5 Å². The van der Waals surface area contributed by atoms with Crippen LogP contribution in [0.4, 0.5) is 0 Å². The minimum absolute atomic E-state index is 0.437. The molecular weight excluding hydrogens is 287 g/mol. The Morgan fingerprint density at radius 3 is 1.50 bits per heavy atom. The van der Waals surface area contributed by atoms with Crippen molar-refractivity contribution in [3.05, 3.63) is 96.6 Å². The fraction of sp³-hybridized carbons (Fsp3) is 0.100. The lowest BCUT2D eigenvalue weighted by Crippen LogP contribution is -2.17. The lowest BCUT2D eigenvalue weighted by molar-refractivity contribution is 0.203. The summed E-state index contributed by atoms with van der Waals surface area (Å²) in [5.74, 6) is 0. The van der Waals surface area contributed by atoms with E-state index in [1.54, 1.807) is 0 Å². The molecule has 0 heterocycles. The van der Waals surface area contributed by atoms with Crippen LogP contribution in [0.5, 0.6) is 0 Å². The van der Waals surface area contributed by atoms with E-state index in [4.69, 9.17) is 0 Å². The summed E-state index contributed by atoms with van der Waals surface area (Å²) in [6.07, 6.45) is 0.306. The van der Waals surface area contributed by atoms with Gasteiger partial charge in [-0.2, -0.15) is 0 Å². The van der Waals surface area contributed by atoms with Gasteiger partial charge in [-0.05, 0) is 24.1 Å². The van der Waals surface area contributed by atoms with Crippen molar-refractivity contribution in [1.82, 2.24) is 0 Å². The average molecular weight is 306 g/mol. The predicted octanol–water partition coefficient (Wildman–Crippen LogP) is 3.85. The van der Waals surface area contributed by atoms with Gasteiger partial charge >= 0.3 is 0 Å². The normalized spacial score (nSPS) is 12.3. The van der Waals surface area contributed by atoms with Crippen molar-refractivity contribution in [2.24, 2.45) is 0 Å². The Balaban J connectivity index is 1.90. The highest BCUT2D eigenvalue weighted by Gasteiger charge is 2.18. The van der Waals surface area contributed by atoms with Crippen LogP contribution in [0.2, 0.25) is 0 Å². The number of hydrogen-bond donors (Lipinski definition) is 1. The zero-order valence-corrected chi connectivity index (χ0v) is 13.2. The van der Waals surface area contributed by atoms with Crippen molar-refractivity contribution in [3.8, 4) is 0 Å². The molecule has 0 aliphatic rings. The maximum Gasteiger partial charge on any atom is 0.0835 e. The van der Waals surface area contributed by atoms with Crippen molar-refractivity contribution in [2.75, 3.05) is 6.16 Å². The first kappa shape index (κ1) is 15.0. The van der Waals surface area contributed by atoms with Gasteiger partial charge in [0, 0.05) is 6.16 Å². The van der Waals surface area contributed by atoms with Crippen LogP contribution in [0.3, 0.4) is 0 Å². The van der Waals surface area contributed by atoms with Gasteiger partial charge in [0.2, 0.25) is 0 Å². The largest absolute Gasteiger partial charge is 0.388 e. The Morgan fingerprint density at radius 2 is 1.05 bits per heavy atom. The molecule has 1 nitrogen and oxygen atoms in total. The van der Waals surface area contributed by atoms with Gasteiger partial charge in [-0.25, -0.2) is 0 Å². The van der Waals surface area contributed by atoms with E-state index in [2.05, 4.69) is 48.5 Å². The zero-order valence-electron chi connectivity index (χ0n) is 12.3. The molecule has 0 aliphatic carbocycles. The molecule has 1 unspecified atom stereocenters. The zero-order chi connectivity index (χ0) is 15.2. The second kappa shape index (κ2) is 7.35. The standard InChI is InChI=1S/C20H19OP/c21-20(17-10-4-1-5-11-17)16-22(18-12-6-2-7-13-18)19-14-8-3-9-15-19/h1-15,20-21H,16H2. The fourth-order valence-electron chi connectivity index (χ4n) is 2.53. The van der Waals surface area contributed by atoms with Crippen molar-refractivity contribution < 1.29 is 5.11 Å². The van der Waals surface area contributed by atoms with Crippen LogP contribution >= 0.6 is 7.92 Å². The van der Waals surface area contributed by atoms with Crippen LogP contribution in [0, 0.1) is 0 Å². The highest BCUT2D eigenvalue weighted by Crippen LogP contribution is 2.37. The molecule has 22 heavy (non-hydrogen) atoms. The molecule has 0 spiro atoms. The minimum atomic E-state index is -0.564. The first-order chi connectivity index (χ1) is 10.8. The molecule has 3 rings (SSSR count). The predicted molar refractivity (Wildman–Crippen MR) is 95.3 cm³/mol. The SMILES string of the molecule is OC(CP(c1ccccc1)c1ccccc1)c1ccccc1. The summed E-state index contributed by atoms with van der Waals surface area (Å²) in [7, 11) is -0.564. The Labute approximate surface area is 133 Å². The van der Waals surface area contributed by atoms with Crippen molar-refractivity contribution in [3.63, 3.8) is 0 Å². The molecule has 2 heteroatoms. The fourth-order valence-corrected chi connectivity index (χ4v) is 4.87. The second-order valence-corrected chi connectivity index (χ2v) is 7.46. The second-order valence-electron chi connectivity index (χ2n) is 5.21. The molecule has 0 radical (unpaired) electrons. The van der Waals surface area contributed by atoms with E-state index < -0.39 is 14.0 Å².